The molecule has 3 heterocycles. The Balaban J connectivity index is 1.53. The summed E-state index contributed by atoms with van der Waals surface area (Å²) < 4.78 is 49.9. The lowest BCUT2D eigenvalue weighted by Gasteiger charge is -2.30. The van der Waals surface area contributed by atoms with Crippen molar-refractivity contribution in [2.75, 3.05) is 41.8 Å². The normalized spacial score (nSPS) is 13.9. The summed E-state index contributed by atoms with van der Waals surface area (Å²) in [6.45, 7) is 4.24. The van der Waals surface area contributed by atoms with Gasteiger partial charge in [-0.1, -0.05) is 30.3 Å². The van der Waals surface area contributed by atoms with Crippen LogP contribution in [0, 0.1) is 5.82 Å². The molecule has 48 heavy (non-hydrogen) atoms. The van der Waals surface area contributed by atoms with Gasteiger partial charge in [0, 0.05) is 36.1 Å². The van der Waals surface area contributed by atoms with E-state index in [2.05, 4.69) is 37.4 Å². The monoisotopic (exact) mass is 725 g/mol. The van der Waals surface area contributed by atoms with E-state index >= 15 is 4.39 Å². The predicted molar refractivity (Wildman–Crippen MR) is 172 cm³/mol. The Labute approximate surface area is 275 Å². The van der Waals surface area contributed by atoms with Crippen molar-refractivity contribution in [3.63, 3.8) is 0 Å². The smallest absolute Gasteiger partial charge is 0.341 e. The number of benzene rings is 2. The number of rotatable bonds is 11. The zero-order valence-electron chi connectivity index (χ0n) is 24.5. The molecule has 2 aromatic carbocycles. The Morgan fingerprint density at radius 1 is 1.12 bits per heavy atom. The van der Waals surface area contributed by atoms with Crippen molar-refractivity contribution in [1.29, 1.82) is 0 Å². The van der Waals surface area contributed by atoms with Gasteiger partial charge in [-0.3, -0.25) is 23.8 Å². The van der Waals surface area contributed by atoms with E-state index in [9.17, 15) is 38.3 Å². The topological polar surface area (TPSA) is 249 Å². The van der Waals surface area contributed by atoms with E-state index in [0.29, 0.717) is 16.6 Å². The average molecular weight is 726 g/mol. The highest BCUT2D eigenvalue weighted by Gasteiger charge is 2.45. The summed E-state index contributed by atoms with van der Waals surface area (Å²) in [7, 11) is -10.9. The highest BCUT2D eigenvalue weighted by Crippen LogP contribution is 2.61. The van der Waals surface area contributed by atoms with Gasteiger partial charge < -0.3 is 44.6 Å². The fourth-order valence-electron chi connectivity index (χ4n) is 4.79. The van der Waals surface area contributed by atoms with Crippen molar-refractivity contribution < 1.29 is 52.2 Å². The Morgan fingerprint density at radius 2 is 1.83 bits per heavy atom. The van der Waals surface area contributed by atoms with Gasteiger partial charge in [0.05, 0.1) is 30.7 Å². The van der Waals surface area contributed by atoms with Crippen LogP contribution in [0.25, 0.3) is 22.3 Å². The number of anilines is 4. The first kappa shape index (κ1) is 35.1. The fraction of sp³-hybridized carbons (Fsp3) is 0.222. The number of ether oxygens (including phenoxy) is 2. The van der Waals surface area contributed by atoms with E-state index in [1.165, 1.54) is 11.0 Å². The number of nitrogens with one attached hydrogen (secondary N) is 3. The van der Waals surface area contributed by atoms with Gasteiger partial charge in [-0.15, -0.1) is 0 Å². The van der Waals surface area contributed by atoms with Crippen molar-refractivity contribution in [3.8, 4) is 17.0 Å². The third kappa shape index (κ3) is 8.06. The van der Waals surface area contributed by atoms with Gasteiger partial charge in [0.15, 0.2) is 22.6 Å². The van der Waals surface area contributed by atoms with E-state index in [0.717, 1.165) is 12.1 Å². The van der Waals surface area contributed by atoms with Crippen molar-refractivity contribution in [1.82, 2.24) is 20.2 Å². The molecule has 1 fully saturated rings. The summed E-state index contributed by atoms with van der Waals surface area (Å²) in [5.74, 6) is -3.30. The number of carbonyl (C=O) groups excluding carboxylic acids is 2. The third-order valence-corrected chi connectivity index (χ3v) is 10.9. The van der Waals surface area contributed by atoms with Crippen LogP contribution in [-0.4, -0.2) is 83.3 Å². The van der Waals surface area contributed by atoms with Gasteiger partial charge >= 0.3 is 21.2 Å². The molecule has 4 aromatic rings. The molecule has 1 aliphatic heterocycles. The Morgan fingerprint density at radius 3 is 2.50 bits per heavy atom. The standard InChI is InChI=1S/C27H27ClFN7O10P2/c1-2-19(37)30-15-5-3-4-14(10-15)23-22-25(28)34-35-26(22)33-27(32-23)31-16-11-17(29)24(36-6-8-45-9-7-36)18(12-16)46-20(38)13-21(47(39,40)41)48(42,43)44/h2-5,10-12,21H,1,6-9,13H2,(H,30,37)(H2,39,40,41)(H2,42,43,44)(H2,31,32,33,34,35). The van der Waals surface area contributed by atoms with Gasteiger partial charge in [-0.2, -0.15) is 10.1 Å². The zero-order valence-corrected chi connectivity index (χ0v) is 27.1. The minimum absolute atomic E-state index is 0.0484. The van der Waals surface area contributed by atoms with Crippen LogP contribution in [0.15, 0.2) is 49.1 Å². The van der Waals surface area contributed by atoms with Gasteiger partial charge in [-0.05, 0) is 24.3 Å². The molecule has 0 radical (unpaired) electrons. The molecule has 0 spiro atoms. The summed E-state index contributed by atoms with van der Waals surface area (Å²) >= 11 is 6.35. The summed E-state index contributed by atoms with van der Waals surface area (Å²) in [6, 6.07) is 8.86. The summed E-state index contributed by atoms with van der Waals surface area (Å²) in [5, 5.41) is 9.95. The second kappa shape index (κ2) is 14.1. The molecule has 0 atom stereocenters. The van der Waals surface area contributed by atoms with Crippen molar-refractivity contribution >= 4 is 72.7 Å². The summed E-state index contributed by atoms with van der Waals surface area (Å²) in [4.78, 5) is 72.9. The number of amides is 1. The molecule has 17 nitrogen and oxygen atoms in total. The van der Waals surface area contributed by atoms with Crippen LogP contribution in [0.3, 0.4) is 0 Å². The maximum Gasteiger partial charge on any atom is 0.341 e. The maximum atomic E-state index is 15.8. The molecule has 0 aliphatic carbocycles. The SMILES string of the molecule is C=CC(=O)Nc1cccc(-c2nc(Nc3cc(F)c(N4CCOCC4)c(OC(=O)CC(P(=O)(O)O)P(=O)(O)O)c3)nc3n[nH]c(Cl)c23)c1. The second-order valence-corrected chi connectivity index (χ2v) is 14.7. The van der Waals surface area contributed by atoms with Gasteiger partial charge in [0.25, 0.3) is 0 Å². The highest BCUT2D eigenvalue weighted by atomic mass is 35.5. The lowest BCUT2D eigenvalue weighted by Crippen LogP contribution is -2.37. The quantitative estimate of drug-likeness (QED) is 0.0506. The number of aromatic nitrogens is 4. The van der Waals surface area contributed by atoms with Crippen LogP contribution in [0.5, 0.6) is 5.75 Å². The van der Waals surface area contributed by atoms with Crippen LogP contribution >= 0.6 is 26.8 Å². The molecule has 1 saturated heterocycles. The number of nitrogens with zero attached hydrogens (tertiary/aromatic N) is 4. The molecule has 1 aliphatic rings. The number of aromatic amines is 1. The Hall–Kier alpha value is -4.25. The summed E-state index contributed by atoms with van der Waals surface area (Å²) in [5.41, 5.74) is 1.05. The van der Waals surface area contributed by atoms with E-state index < -0.39 is 50.5 Å². The first-order valence-corrected chi connectivity index (χ1v) is 17.6. The Bertz CT molecular complexity index is 1970. The van der Waals surface area contributed by atoms with Crippen LogP contribution in [0.4, 0.5) is 27.4 Å². The first-order chi connectivity index (χ1) is 22.6. The zero-order chi connectivity index (χ0) is 34.8. The molecule has 0 saturated carbocycles. The third-order valence-electron chi connectivity index (χ3n) is 6.92. The molecule has 2 aromatic heterocycles. The number of hydrogen-bond donors (Lipinski definition) is 7. The molecule has 0 bridgehead atoms. The van der Waals surface area contributed by atoms with Gasteiger partial charge in [0.1, 0.15) is 10.8 Å². The number of hydrogen-bond acceptors (Lipinski definition) is 11. The first-order valence-electron chi connectivity index (χ1n) is 13.8. The van der Waals surface area contributed by atoms with Crippen LogP contribution < -0.4 is 20.3 Å². The summed E-state index contributed by atoms with van der Waals surface area (Å²) in [6.07, 6.45) is -0.265. The number of esters is 1. The van der Waals surface area contributed by atoms with Crippen LogP contribution in [-0.2, 0) is 23.5 Å². The predicted octanol–water partition coefficient (Wildman–Crippen LogP) is 3.49. The Kier molecular flexibility index (Phi) is 10.3. The number of morpholine rings is 1. The van der Waals surface area contributed by atoms with Gasteiger partial charge in [0.2, 0.25) is 11.9 Å². The van der Waals surface area contributed by atoms with Crippen LogP contribution in [0.2, 0.25) is 5.15 Å². The molecule has 1 amide bonds. The average Bonchev–Trinajstić information content (AvgIpc) is 3.39. The van der Waals surface area contributed by atoms with E-state index in [1.54, 1.807) is 24.3 Å². The largest absolute Gasteiger partial charge is 0.424 e. The minimum atomic E-state index is -5.46. The molecule has 0 unspecified atom stereocenters. The van der Waals surface area contributed by atoms with Crippen molar-refractivity contribution in [2.45, 2.75) is 11.8 Å². The molecular formula is C27H27ClFN7O10P2. The van der Waals surface area contributed by atoms with E-state index in [4.69, 9.17) is 21.1 Å². The molecule has 254 valence electrons. The number of H-pyrrole nitrogens is 1. The molecule has 7 N–H and O–H groups in total. The fourth-order valence-corrected chi connectivity index (χ4v) is 7.34. The van der Waals surface area contributed by atoms with Gasteiger partial charge in [-0.25, -0.2) is 9.37 Å². The van der Waals surface area contributed by atoms with Crippen molar-refractivity contribution in [2.24, 2.45) is 0 Å². The molecule has 21 heteroatoms. The maximum absolute atomic E-state index is 15.8. The van der Waals surface area contributed by atoms with Crippen LogP contribution in [0.1, 0.15) is 6.42 Å². The number of carbonyl (C=O) groups is 2. The van der Waals surface area contributed by atoms with E-state index in [1.807, 2.05) is 0 Å². The lowest BCUT2D eigenvalue weighted by atomic mass is 10.1. The number of fused-ring (bicyclic) bond motifs is 1. The van der Waals surface area contributed by atoms with Crippen molar-refractivity contribution in [3.05, 3.63) is 60.0 Å². The second-order valence-electron chi connectivity index (χ2n) is 10.3. The number of halogens is 2. The molecule has 5 rings (SSSR count). The lowest BCUT2D eigenvalue weighted by molar-refractivity contribution is -0.134. The minimum Gasteiger partial charge on any atom is -0.424 e. The van der Waals surface area contributed by atoms with E-state index in [-0.39, 0.29) is 60.1 Å². The molecular weight excluding hydrogens is 699 g/mol. The highest BCUT2D eigenvalue weighted by molar-refractivity contribution is 7.70.